The van der Waals surface area contributed by atoms with Gasteiger partial charge in [-0.05, 0) is 56.5 Å². The third-order valence-electron chi connectivity index (χ3n) is 5.77. The number of ether oxygens (including phenoxy) is 1. The highest BCUT2D eigenvalue weighted by molar-refractivity contribution is 9.10. The molecule has 0 unspecified atom stereocenters. The first kappa shape index (κ1) is 23.7. The lowest BCUT2D eigenvalue weighted by Crippen LogP contribution is -2.44. The van der Waals surface area contributed by atoms with Gasteiger partial charge in [-0.3, -0.25) is 9.59 Å². The zero-order chi connectivity index (χ0) is 23.9. The van der Waals surface area contributed by atoms with E-state index in [9.17, 15) is 22.4 Å². The minimum atomic E-state index is -3.93. The van der Waals surface area contributed by atoms with Crippen molar-refractivity contribution in [3.05, 3.63) is 46.2 Å². The molecule has 0 aromatic heterocycles. The van der Waals surface area contributed by atoms with Crippen molar-refractivity contribution >= 4 is 49.1 Å². The van der Waals surface area contributed by atoms with Crippen LogP contribution in [-0.4, -0.2) is 43.7 Å². The van der Waals surface area contributed by atoms with Crippen molar-refractivity contribution in [1.29, 1.82) is 0 Å². The minimum Gasteiger partial charge on any atom is -0.479 e. The Morgan fingerprint density at radius 1 is 1.30 bits per heavy atom. The molecule has 0 radical (unpaired) electrons. The minimum absolute atomic E-state index is 0.0170. The van der Waals surface area contributed by atoms with E-state index < -0.39 is 33.8 Å². The third-order valence-corrected chi connectivity index (χ3v) is 8.27. The second-order valence-electron chi connectivity index (χ2n) is 8.18. The standard InChI is InChI=1S/C22H23BrFN3O5S/c1-12-8-18-19(32-13(2)21(28)26-18)10-20(12)33(30,31)27-7-3-4-14(11-27)22(29)25-17-6-5-15(23)9-16(17)24/h5-6,8-10,13-14H,3-4,7,11H2,1-2H3,(H,25,29)(H,26,28)/t13-,14+/m1/s1. The number of hydrogen-bond acceptors (Lipinski definition) is 5. The van der Waals surface area contributed by atoms with Crippen molar-refractivity contribution in [2.24, 2.45) is 5.92 Å². The van der Waals surface area contributed by atoms with E-state index in [-0.39, 0.29) is 35.3 Å². The third kappa shape index (κ3) is 4.75. The molecule has 0 spiro atoms. The molecule has 33 heavy (non-hydrogen) atoms. The molecule has 4 rings (SSSR count). The van der Waals surface area contributed by atoms with Gasteiger partial charge in [0.05, 0.1) is 22.2 Å². The monoisotopic (exact) mass is 539 g/mol. The predicted octanol–water partition coefficient (Wildman–Crippen LogP) is 3.66. The van der Waals surface area contributed by atoms with E-state index in [2.05, 4.69) is 26.6 Å². The summed E-state index contributed by atoms with van der Waals surface area (Å²) in [4.78, 5) is 24.7. The van der Waals surface area contributed by atoms with Crippen LogP contribution in [-0.2, 0) is 19.6 Å². The number of nitrogens with one attached hydrogen (secondary N) is 2. The first-order valence-corrected chi connectivity index (χ1v) is 12.7. The number of amides is 2. The van der Waals surface area contributed by atoms with Crippen molar-refractivity contribution in [1.82, 2.24) is 4.31 Å². The van der Waals surface area contributed by atoms with Crippen LogP contribution in [0.25, 0.3) is 0 Å². The average molecular weight is 540 g/mol. The Bertz CT molecular complexity index is 1240. The lowest BCUT2D eigenvalue weighted by atomic mass is 9.98. The van der Waals surface area contributed by atoms with Crippen molar-refractivity contribution in [3.63, 3.8) is 0 Å². The number of hydrogen-bond donors (Lipinski definition) is 2. The fraction of sp³-hybridized carbons (Fsp3) is 0.364. The van der Waals surface area contributed by atoms with E-state index in [0.29, 0.717) is 28.6 Å². The van der Waals surface area contributed by atoms with E-state index >= 15 is 0 Å². The molecule has 2 atom stereocenters. The zero-order valence-electron chi connectivity index (χ0n) is 18.0. The molecule has 2 heterocycles. The molecular formula is C22H23BrFN3O5S. The van der Waals surface area contributed by atoms with Gasteiger partial charge in [-0.1, -0.05) is 15.9 Å². The number of rotatable bonds is 4. The molecule has 1 fully saturated rings. The topological polar surface area (TPSA) is 105 Å². The number of nitrogens with zero attached hydrogens (tertiary/aromatic N) is 1. The van der Waals surface area contributed by atoms with Crippen molar-refractivity contribution in [2.75, 3.05) is 23.7 Å². The molecule has 2 amide bonds. The number of carbonyl (C=O) groups excluding carboxylic acids is 2. The molecule has 0 aliphatic carbocycles. The molecule has 2 N–H and O–H groups in total. The van der Waals surface area contributed by atoms with Crippen LogP contribution in [0.2, 0.25) is 0 Å². The van der Waals surface area contributed by atoms with Crippen molar-refractivity contribution < 1.29 is 27.1 Å². The Kier molecular flexibility index (Phi) is 6.47. The molecule has 1 saturated heterocycles. The van der Waals surface area contributed by atoms with Crippen LogP contribution in [0.4, 0.5) is 15.8 Å². The lowest BCUT2D eigenvalue weighted by Gasteiger charge is -2.32. The fourth-order valence-corrected chi connectivity index (χ4v) is 6.04. The van der Waals surface area contributed by atoms with Gasteiger partial charge in [-0.25, -0.2) is 12.8 Å². The van der Waals surface area contributed by atoms with Gasteiger partial charge in [0.1, 0.15) is 11.6 Å². The molecule has 0 bridgehead atoms. The molecule has 11 heteroatoms. The van der Waals surface area contributed by atoms with Gasteiger partial charge in [0.25, 0.3) is 5.91 Å². The zero-order valence-corrected chi connectivity index (χ0v) is 20.4. The maximum Gasteiger partial charge on any atom is 0.265 e. The summed E-state index contributed by atoms with van der Waals surface area (Å²) in [7, 11) is -3.93. The number of carbonyl (C=O) groups is 2. The SMILES string of the molecule is Cc1cc2c(cc1S(=O)(=O)N1CCC[C@H](C(=O)Nc3ccc(Br)cc3F)C1)O[C@H](C)C(=O)N2. The van der Waals surface area contributed by atoms with Crippen molar-refractivity contribution in [2.45, 2.75) is 37.7 Å². The van der Waals surface area contributed by atoms with Gasteiger partial charge >= 0.3 is 0 Å². The Morgan fingerprint density at radius 2 is 2.06 bits per heavy atom. The Labute approximate surface area is 199 Å². The van der Waals surface area contributed by atoms with E-state index in [0.717, 1.165) is 0 Å². The van der Waals surface area contributed by atoms with Crippen LogP contribution in [0.15, 0.2) is 39.7 Å². The van der Waals surface area contributed by atoms with E-state index in [1.54, 1.807) is 26.0 Å². The van der Waals surface area contributed by atoms with E-state index in [1.165, 1.54) is 22.5 Å². The van der Waals surface area contributed by atoms with E-state index in [4.69, 9.17) is 4.74 Å². The molecule has 2 aromatic carbocycles. The Hall–Kier alpha value is -2.50. The number of halogens is 2. The summed E-state index contributed by atoms with van der Waals surface area (Å²) in [5.74, 6) is -1.65. The summed E-state index contributed by atoms with van der Waals surface area (Å²) in [5.41, 5.74) is 0.916. The number of fused-ring (bicyclic) bond motifs is 1. The van der Waals surface area contributed by atoms with Crippen LogP contribution >= 0.6 is 15.9 Å². The van der Waals surface area contributed by atoms with Gasteiger partial charge in [0.15, 0.2) is 6.10 Å². The summed E-state index contributed by atoms with van der Waals surface area (Å²) in [5, 5.41) is 5.27. The average Bonchev–Trinajstić information content (AvgIpc) is 2.76. The van der Waals surface area contributed by atoms with Crippen LogP contribution in [0.5, 0.6) is 5.75 Å². The molecule has 2 aromatic rings. The predicted molar refractivity (Wildman–Crippen MR) is 124 cm³/mol. The molecule has 2 aliphatic rings. The second-order valence-corrected chi connectivity index (χ2v) is 11.0. The quantitative estimate of drug-likeness (QED) is 0.616. The maximum absolute atomic E-state index is 14.1. The first-order valence-electron chi connectivity index (χ1n) is 10.4. The highest BCUT2D eigenvalue weighted by Gasteiger charge is 2.35. The molecule has 0 saturated carbocycles. The molecule has 176 valence electrons. The van der Waals surface area contributed by atoms with Gasteiger partial charge in [0, 0.05) is 23.6 Å². The normalized spacial score (nSPS) is 21.0. The van der Waals surface area contributed by atoms with Crippen molar-refractivity contribution in [3.8, 4) is 5.75 Å². The van der Waals surface area contributed by atoms with Gasteiger partial charge in [-0.15, -0.1) is 0 Å². The highest BCUT2D eigenvalue weighted by atomic mass is 79.9. The number of anilines is 2. The number of sulfonamides is 1. The summed E-state index contributed by atoms with van der Waals surface area (Å²) in [6.45, 7) is 3.47. The Balaban J connectivity index is 1.54. The van der Waals surface area contributed by atoms with Crippen LogP contribution in [0, 0.1) is 18.7 Å². The van der Waals surface area contributed by atoms with Crippen LogP contribution in [0.3, 0.4) is 0 Å². The van der Waals surface area contributed by atoms with Crippen LogP contribution < -0.4 is 15.4 Å². The van der Waals surface area contributed by atoms with Gasteiger partial charge in [-0.2, -0.15) is 4.31 Å². The molecular weight excluding hydrogens is 517 g/mol. The van der Waals surface area contributed by atoms with E-state index in [1.807, 2.05) is 0 Å². The molecule has 8 nitrogen and oxygen atoms in total. The van der Waals surface area contributed by atoms with Gasteiger partial charge < -0.3 is 15.4 Å². The number of piperidine rings is 1. The summed E-state index contributed by atoms with van der Waals surface area (Å²) in [6, 6.07) is 7.29. The highest BCUT2D eigenvalue weighted by Crippen LogP contribution is 2.36. The van der Waals surface area contributed by atoms with Gasteiger partial charge in [0.2, 0.25) is 15.9 Å². The largest absolute Gasteiger partial charge is 0.479 e. The number of benzene rings is 2. The lowest BCUT2D eigenvalue weighted by molar-refractivity contribution is -0.123. The summed E-state index contributed by atoms with van der Waals surface area (Å²) < 4.78 is 48.4. The second kappa shape index (κ2) is 9.03. The van der Waals surface area contributed by atoms with Crippen LogP contribution in [0.1, 0.15) is 25.3 Å². The summed E-state index contributed by atoms with van der Waals surface area (Å²) in [6.07, 6.45) is 0.248. The first-order chi connectivity index (χ1) is 15.6. The molecule has 2 aliphatic heterocycles. The fourth-order valence-electron chi connectivity index (χ4n) is 3.96. The Morgan fingerprint density at radius 3 is 2.79 bits per heavy atom. The number of aryl methyl sites for hydroxylation is 1. The summed E-state index contributed by atoms with van der Waals surface area (Å²) >= 11 is 3.17. The smallest absolute Gasteiger partial charge is 0.265 e. The maximum atomic E-state index is 14.1.